The predicted molar refractivity (Wildman–Crippen MR) is 78.3 cm³/mol. The van der Waals surface area contributed by atoms with Crippen LogP contribution in [0.5, 0.6) is 0 Å². The molecule has 1 N–H and O–H groups in total. The van der Waals surface area contributed by atoms with Crippen molar-refractivity contribution in [2.75, 3.05) is 31.1 Å². The zero-order valence-corrected chi connectivity index (χ0v) is 12.4. The van der Waals surface area contributed by atoms with Gasteiger partial charge in [0, 0.05) is 37.3 Å². The summed E-state index contributed by atoms with van der Waals surface area (Å²) in [6.45, 7) is 6.96. The zero-order valence-electron chi connectivity index (χ0n) is 11.6. The average Bonchev–Trinajstić information content (AvgIpc) is 3.07. The number of nitrogens with zero attached hydrogens (tertiary/aromatic N) is 4. The first kappa shape index (κ1) is 13.1. The number of amides is 1. The number of nitrogens with one attached hydrogen (secondary N) is 1. The van der Waals surface area contributed by atoms with Gasteiger partial charge in [0.2, 0.25) is 0 Å². The molecule has 1 aliphatic rings. The summed E-state index contributed by atoms with van der Waals surface area (Å²) < 4.78 is 0. The van der Waals surface area contributed by atoms with Crippen LogP contribution in [0, 0.1) is 13.8 Å². The summed E-state index contributed by atoms with van der Waals surface area (Å²) in [6.07, 6.45) is 0. The molecule has 1 amide bonds. The Balaban J connectivity index is 1.62. The Labute approximate surface area is 121 Å². The minimum atomic E-state index is 0.00400. The van der Waals surface area contributed by atoms with E-state index in [1.54, 1.807) is 17.4 Å². The Morgan fingerprint density at radius 2 is 2.05 bits per heavy atom. The molecule has 2 aromatic heterocycles. The van der Waals surface area contributed by atoms with E-state index in [1.807, 2.05) is 18.7 Å². The zero-order chi connectivity index (χ0) is 14.1. The molecule has 1 fully saturated rings. The van der Waals surface area contributed by atoms with E-state index >= 15 is 0 Å². The largest absolute Gasteiger partial charge is 0.345 e. The molecule has 0 saturated carbocycles. The van der Waals surface area contributed by atoms with Crippen LogP contribution in [0.25, 0.3) is 0 Å². The number of thiazole rings is 1. The Morgan fingerprint density at radius 3 is 2.60 bits per heavy atom. The third-order valence-electron chi connectivity index (χ3n) is 3.37. The number of anilines is 1. The van der Waals surface area contributed by atoms with Gasteiger partial charge in [-0.25, -0.2) is 4.98 Å². The van der Waals surface area contributed by atoms with Crippen LogP contribution in [0.4, 0.5) is 5.13 Å². The fourth-order valence-corrected chi connectivity index (χ4v) is 3.13. The van der Waals surface area contributed by atoms with Crippen LogP contribution in [0.3, 0.4) is 0 Å². The van der Waals surface area contributed by atoms with Gasteiger partial charge in [-0.1, -0.05) is 0 Å². The predicted octanol–water partition coefficient (Wildman–Crippen LogP) is 1.45. The molecule has 3 heterocycles. The number of aromatic nitrogens is 3. The van der Waals surface area contributed by atoms with E-state index < -0.39 is 0 Å². The van der Waals surface area contributed by atoms with Crippen molar-refractivity contribution in [2.45, 2.75) is 13.8 Å². The Bertz CT molecular complexity index is 612. The average molecular weight is 291 g/mol. The first-order valence-electron chi connectivity index (χ1n) is 6.62. The van der Waals surface area contributed by atoms with E-state index in [0.717, 1.165) is 29.6 Å². The fraction of sp³-hybridized carbons (Fsp3) is 0.462. The molecule has 0 atom stereocenters. The molecular formula is C13H17N5OS. The lowest BCUT2D eigenvalue weighted by Gasteiger charge is -2.34. The van der Waals surface area contributed by atoms with Crippen LogP contribution in [0.1, 0.15) is 21.9 Å². The number of carbonyl (C=O) groups is 1. The number of aryl methyl sites for hydroxylation is 2. The highest BCUT2D eigenvalue weighted by molar-refractivity contribution is 7.13. The van der Waals surface area contributed by atoms with Gasteiger partial charge < -0.3 is 9.80 Å². The van der Waals surface area contributed by atoms with Crippen molar-refractivity contribution in [3.05, 3.63) is 28.5 Å². The molecule has 7 heteroatoms. The van der Waals surface area contributed by atoms with Crippen molar-refractivity contribution < 1.29 is 4.79 Å². The summed E-state index contributed by atoms with van der Waals surface area (Å²) in [5, 5.41) is 9.94. The van der Waals surface area contributed by atoms with Gasteiger partial charge in [0.15, 0.2) is 5.13 Å². The van der Waals surface area contributed by atoms with E-state index in [1.165, 1.54) is 0 Å². The normalized spacial score (nSPS) is 15.7. The Morgan fingerprint density at radius 1 is 1.30 bits per heavy atom. The molecule has 0 aliphatic carbocycles. The van der Waals surface area contributed by atoms with Crippen molar-refractivity contribution in [1.82, 2.24) is 20.1 Å². The third kappa shape index (κ3) is 2.53. The third-order valence-corrected chi connectivity index (χ3v) is 4.39. The second-order valence-electron chi connectivity index (χ2n) is 4.99. The molecule has 0 unspecified atom stereocenters. The van der Waals surface area contributed by atoms with Gasteiger partial charge in [0.1, 0.15) is 5.69 Å². The number of hydrogen-bond acceptors (Lipinski definition) is 5. The van der Waals surface area contributed by atoms with Gasteiger partial charge in [-0.05, 0) is 19.9 Å². The second kappa shape index (κ2) is 5.24. The molecule has 1 saturated heterocycles. The molecule has 0 radical (unpaired) electrons. The van der Waals surface area contributed by atoms with E-state index in [2.05, 4.69) is 25.5 Å². The number of carbonyl (C=O) groups excluding carboxylic acids is 1. The maximum absolute atomic E-state index is 12.3. The second-order valence-corrected chi connectivity index (χ2v) is 5.82. The minimum absolute atomic E-state index is 0.00400. The molecular weight excluding hydrogens is 274 g/mol. The van der Waals surface area contributed by atoms with Crippen molar-refractivity contribution in [2.24, 2.45) is 0 Å². The molecule has 0 bridgehead atoms. The van der Waals surface area contributed by atoms with Crippen LogP contribution in [0.15, 0.2) is 11.4 Å². The van der Waals surface area contributed by atoms with Crippen LogP contribution < -0.4 is 4.90 Å². The quantitative estimate of drug-likeness (QED) is 0.909. The van der Waals surface area contributed by atoms with Gasteiger partial charge in [0.05, 0.1) is 5.69 Å². The van der Waals surface area contributed by atoms with E-state index in [-0.39, 0.29) is 5.91 Å². The van der Waals surface area contributed by atoms with Crippen molar-refractivity contribution in [3.8, 4) is 0 Å². The lowest BCUT2D eigenvalue weighted by Crippen LogP contribution is -2.48. The smallest absolute Gasteiger partial charge is 0.274 e. The monoisotopic (exact) mass is 291 g/mol. The molecule has 3 rings (SSSR count). The highest BCUT2D eigenvalue weighted by Gasteiger charge is 2.24. The van der Waals surface area contributed by atoms with E-state index in [0.29, 0.717) is 18.8 Å². The van der Waals surface area contributed by atoms with Gasteiger partial charge in [-0.15, -0.1) is 11.3 Å². The molecule has 0 aromatic carbocycles. The number of rotatable bonds is 2. The molecule has 0 spiro atoms. The number of H-pyrrole nitrogens is 1. The highest BCUT2D eigenvalue weighted by atomic mass is 32.1. The first-order valence-corrected chi connectivity index (χ1v) is 7.50. The van der Waals surface area contributed by atoms with Crippen molar-refractivity contribution in [1.29, 1.82) is 0 Å². The molecule has 6 nitrogen and oxygen atoms in total. The summed E-state index contributed by atoms with van der Waals surface area (Å²) >= 11 is 1.66. The van der Waals surface area contributed by atoms with Crippen LogP contribution in [0.2, 0.25) is 0 Å². The van der Waals surface area contributed by atoms with Crippen molar-refractivity contribution in [3.63, 3.8) is 0 Å². The number of aromatic amines is 1. The SMILES string of the molecule is Cc1csc(N2CCN(C(=O)c3cc(C)[nH]n3)CC2)n1. The maximum atomic E-state index is 12.3. The van der Waals surface area contributed by atoms with E-state index in [9.17, 15) is 4.79 Å². The lowest BCUT2D eigenvalue weighted by molar-refractivity contribution is 0.0741. The fourth-order valence-electron chi connectivity index (χ4n) is 2.28. The minimum Gasteiger partial charge on any atom is -0.345 e. The number of piperazine rings is 1. The van der Waals surface area contributed by atoms with Gasteiger partial charge >= 0.3 is 0 Å². The van der Waals surface area contributed by atoms with Gasteiger partial charge in [-0.2, -0.15) is 5.10 Å². The number of hydrogen-bond donors (Lipinski definition) is 1. The lowest BCUT2D eigenvalue weighted by atomic mass is 10.3. The topological polar surface area (TPSA) is 65.1 Å². The van der Waals surface area contributed by atoms with Crippen LogP contribution in [-0.4, -0.2) is 52.2 Å². The standard InChI is InChI=1S/C13H17N5OS/c1-9-7-11(16-15-9)12(19)17-3-5-18(6-4-17)13-14-10(2)8-20-13/h7-8H,3-6H2,1-2H3,(H,15,16). The molecule has 20 heavy (non-hydrogen) atoms. The first-order chi connectivity index (χ1) is 9.63. The van der Waals surface area contributed by atoms with E-state index in [4.69, 9.17) is 0 Å². The summed E-state index contributed by atoms with van der Waals surface area (Å²) in [7, 11) is 0. The molecule has 2 aromatic rings. The van der Waals surface area contributed by atoms with Crippen LogP contribution >= 0.6 is 11.3 Å². The van der Waals surface area contributed by atoms with Crippen LogP contribution in [-0.2, 0) is 0 Å². The van der Waals surface area contributed by atoms with Crippen molar-refractivity contribution >= 4 is 22.4 Å². The highest BCUT2D eigenvalue weighted by Crippen LogP contribution is 2.21. The summed E-state index contributed by atoms with van der Waals surface area (Å²) in [6, 6.07) is 1.79. The molecule has 106 valence electrons. The summed E-state index contributed by atoms with van der Waals surface area (Å²) in [4.78, 5) is 20.8. The summed E-state index contributed by atoms with van der Waals surface area (Å²) in [5.74, 6) is 0.00400. The van der Waals surface area contributed by atoms with Gasteiger partial charge in [0.25, 0.3) is 5.91 Å². The maximum Gasteiger partial charge on any atom is 0.274 e. The van der Waals surface area contributed by atoms with Gasteiger partial charge in [-0.3, -0.25) is 9.89 Å². The molecule has 1 aliphatic heterocycles. The summed E-state index contributed by atoms with van der Waals surface area (Å²) in [5.41, 5.74) is 2.46. The Hall–Kier alpha value is -1.89. The Kier molecular flexibility index (Phi) is 3.43.